The Kier molecular flexibility index (Phi) is 4.10. The van der Waals surface area contributed by atoms with Crippen molar-refractivity contribution in [2.75, 3.05) is 0 Å². The number of alkyl halides is 3. The molecule has 2 nitrogen and oxygen atoms in total. The zero-order valence-electron chi connectivity index (χ0n) is 11.7. The van der Waals surface area contributed by atoms with E-state index >= 15 is 0 Å². The zero-order valence-corrected chi connectivity index (χ0v) is 12.7. The first kappa shape index (κ1) is 15.7. The van der Waals surface area contributed by atoms with E-state index in [2.05, 4.69) is 41.3 Å². The molecule has 1 rings (SSSR count). The molecule has 0 saturated carbocycles. The second-order valence-corrected chi connectivity index (χ2v) is 10.7. The molecule has 0 aliphatic rings. The highest BCUT2D eigenvalue weighted by atomic mass is 28.3. The Morgan fingerprint density at radius 1 is 1.00 bits per heavy atom. The maximum absolute atomic E-state index is 12.4. The van der Waals surface area contributed by atoms with Crippen molar-refractivity contribution in [2.45, 2.75) is 45.1 Å². The lowest BCUT2D eigenvalue weighted by molar-refractivity contribution is -0.141. The molecule has 0 fully saturated rings. The lowest BCUT2D eigenvalue weighted by Crippen LogP contribution is -2.22. The third-order valence-corrected chi connectivity index (χ3v) is 3.22. The van der Waals surface area contributed by atoms with Gasteiger partial charge in [0.15, 0.2) is 5.69 Å². The first-order valence-electron chi connectivity index (χ1n) is 5.87. The Hall–Kier alpha value is -1.35. The smallest absolute Gasteiger partial charge is 0.164 e. The summed E-state index contributed by atoms with van der Waals surface area (Å²) in [6.45, 7) is 9.98. The molecular formula is C13H17F3N2Si. The molecule has 0 amide bonds. The molecule has 0 atom stereocenters. The van der Waals surface area contributed by atoms with Gasteiger partial charge in [-0.15, -0.1) is 10.6 Å². The molecular weight excluding hydrogens is 269 g/mol. The Balaban J connectivity index is 3.06. The van der Waals surface area contributed by atoms with Crippen LogP contribution in [0.3, 0.4) is 0 Å². The minimum absolute atomic E-state index is 0.450. The van der Waals surface area contributed by atoms with Crippen LogP contribution >= 0.6 is 0 Å². The molecule has 1 aromatic rings. The van der Waals surface area contributed by atoms with E-state index in [1.165, 1.54) is 6.07 Å². The number of rotatable bonds is 1. The van der Waals surface area contributed by atoms with Crippen molar-refractivity contribution in [2.24, 2.45) is 0 Å². The maximum atomic E-state index is 12.4. The van der Waals surface area contributed by atoms with Crippen LogP contribution in [0.15, 0.2) is 12.1 Å². The summed E-state index contributed by atoms with van der Waals surface area (Å²) in [5.74, 6) is 3.10. The van der Waals surface area contributed by atoms with E-state index in [9.17, 15) is 13.2 Å². The van der Waals surface area contributed by atoms with Crippen LogP contribution in [-0.2, 0) is 11.6 Å². The molecule has 0 unspecified atom stereocenters. The summed E-state index contributed by atoms with van der Waals surface area (Å²) < 4.78 is 37.2. The summed E-state index contributed by atoms with van der Waals surface area (Å²) >= 11 is 0. The van der Waals surface area contributed by atoms with E-state index in [4.69, 9.17) is 0 Å². The van der Waals surface area contributed by atoms with Gasteiger partial charge in [-0.25, -0.2) is 0 Å². The third kappa shape index (κ3) is 4.67. The average Bonchev–Trinajstić information content (AvgIpc) is 2.25. The topological polar surface area (TPSA) is 25.8 Å². The summed E-state index contributed by atoms with van der Waals surface area (Å²) in [7, 11) is -1.53. The molecule has 1 aromatic heterocycles. The molecule has 0 aliphatic carbocycles. The van der Waals surface area contributed by atoms with Gasteiger partial charge in [-0.2, -0.15) is 18.3 Å². The van der Waals surface area contributed by atoms with Gasteiger partial charge in [-0.1, -0.05) is 25.6 Å². The number of hydrogen-bond donors (Lipinski definition) is 0. The molecule has 6 heteroatoms. The fraction of sp³-hybridized carbons (Fsp3) is 0.538. The second kappa shape index (κ2) is 4.97. The summed E-state index contributed by atoms with van der Waals surface area (Å²) in [6, 6.07) is 2.29. The van der Waals surface area contributed by atoms with Crippen LogP contribution in [0.2, 0.25) is 19.6 Å². The van der Waals surface area contributed by atoms with Gasteiger partial charge in [0.25, 0.3) is 0 Å². The van der Waals surface area contributed by atoms with Gasteiger partial charge in [0, 0.05) is 0 Å². The van der Waals surface area contributed by atoms with Crippen molar-refractivity contribution < 1.29 is 13.2 Å². The summed E-state index contributed by atoms with van der Waals surface area (Å²) in [5, 5.41) is 6.89. The Morgan fingerprint density at radius 3 is 1.84 bits per heavy atom. The number of aromatic nitrogens is 2. The molecule has 1 heterocycles. The summed E-state index contributed by atoms with van der Waals surface area (Å²) in [6.07, 6.45) is -4.46. The van der Waals surface area contributed by atoms with Crippen LogP contribution in [0.25, 0.3) is 0 Å². The van der Waals surface area contributed by atoms with Gasteiger partial charge in [0.2, 0.25) is 0 Å². The van der Waals surface area contributed by atoms with Gasteiger partial charge in [0.05, 0.1) is 11.1 Å². The quantitative estimate of drug-likeness (QED) is 0.581. The normalized spacial score (nSPS) is 12.8. The van der Waals surface area contributed by atoms with Crippen molar-refractivity contribution >= 4 is 8.07 Å². The lowest BCUT2D eigenvalue weighted by atomic mass is 9.90. The van der Waals surface area contributed by atoms with Crippen LogP contribution in [0.4, 0.5) is 13.2 Å². The largest absolute Gasteiger partial charge is 0.435 e. The van der Waals surface area contributed by atoms with Gasteiger partial charge < -0.3 is 0 Å². The Bertz CT molecular complexity index is 502. The highest BCUT2D eigenvalue weighted by Gasteiger charge is 2.33. The monoisotopic (exact) mass is 286 g/mol. The number of nitrogens with zero attached hydrogens (tertiary/aromatic N) is 2. The predicted molar refractivity (Wildman–Crippen MR) is 71.2 cm³/mol. The van der Waals surface area contributed by atoms with E-state index in [-0.39, 0.29) is 0 Å². The van der Waals surface area contributed by atoms with Gasteiger partial charge in [-0.3, -0.25) is 0 Å². The van der Waals surface area contributed by atoms with E-state index in [1.807, 2.05) is 13.8 Å². The van der Waals surface area contributed by atoms with Gasteiger partial charge in [-0.05, 0) is 26.0 Å². The first-order valence-corrected chi connectivity index (χ1v) is 9.37. The highest BCUT2D eigenvalue weighted by molar-refractivity contribution is 6.83. The van der Waals surface area contributed by atoms with Crippen LogP contribution in [-0.4, -0.2) is 18.3 Å². The molecule has 0 spiro atoms. The molecule has 0 N–H and O–H groups in total. The van der Waals surface area contributed by atoms with Crippen molar-refractivity contribution in [1.29, 1.82) is 0 Å². The second-order valence-electron chi connectivity index (χ2n) is 5.93. The van der Waals surface area contributed by atoms with E-state index in [0.717, 1.165) is 6.07 Å². The lowest BCUT2D eigenvalue weighted by Gasteiger charge is -2.18. The molecule has 0 saturated heterocycles. The van der Waals surface area contributed by atoms with Crippen molar-refractivity contribution in [1.82, 2.24) is 10.2 Å². The average molecular weight is 286 g/mol. The SMILES string of the molecule is CC(C)(C#C[Si](C)(C)C)c1ccc(C(F)(F)F)nn1. The first-order chi connectivity index (χ1) is 8.42. The molecule has 0 radical (unpaired) electrons. The van der Waals surface area contributed by atoms with Crippen molar-refractivity contribution in [3.8, 4) is 11.5 Å². The van der Waals surface area contributed by atoms with Gasteiger partial charge >= 0.3 is 6.18 Å². The zero-order chi connectivity index (χ0) is 14.9. The number of halogens is 3. The van der Waals surface area contributed by atoms with Crippen LogP contribution < -0.4 is 0 Å². The van der Waals surface area contributed by atoms with Crippen LogP contribution in [0, 0.1) is 11.5 Å². The van der Waals surface area contributed by atoms with Crippen molar-refractivity contribution in [3.63, 3.8) is 0 Å². The van der Waals surface area contributed by atoms with Gasteiger partial charge in [0.1, 0.15) is 8.07 Å². The fourth-order valence-electron chi connectivity index (χ4n) is 1.22. The van der Waals surface area contributed by atoms with Crippen LogP contribution in [0.5, 0.6) is 0 Å². The minimum Gasteiger partial charge on any atom is -0.164 e. The molecule has 0 aromatic carbocycles. The summed E-state index contributed by atoms with van der Waals surface area (Å²) in [4.78, 5) is 0. The minimum atomic E-state index is -4.46. The van der Waals surface area contributed by atoms with E-state index in [1.54, 1.807) is 0 Å². The van der Waals surface area contributed by atoms with E-state index in [0.29, 0.717) is 5.69 Å². The van der Waals surface area contributed by atoms with E-state index < -0.39 is 25.4 Å². The van der Waals surface area contributed by atoms with Crippen LogP contribution in [0.1, 0.15) is 25.2 Å². The summed E-state index contributed by atoms with van der Waals surface area (Å²) in [5.41, 5.74) is 2.07. The molecule has 19 heavy (non-hydrogen) atoms. The molecule has 0 aliphatic heterocycles. The predicted octanol–water partition coefficient (Wildman–Crippen LogP) is 3.65. The van der Waals surface area contributed by atoms with Crippen molar-refractivity contribution in [3.05, 3.63) is 23.5 Å². The Morgan fingerprint density at radius 2 is 1.47 bits per heavy atom. The molecule has 0 bridgehead atoms. The Labute approximate surface area is 112 Å². The highest BCUT2D eigenvalue weighted by Crippen LogP contribution is 2.28. The standard InChI is InChI=1S/C13H17F3N2Si/c1-12(2,8-9-19(3,4)5)10-6-7-11(18-17-10)13(14,15)16/h6-7H,1-5H3. The fourth-order valence-corrected chi connectivity index (χ4v) is 1.91. The number of hydrogen-bond acceptors (Lipinski definition) is 2. The maximum Gasteiger partial charge on any atom is 0.435 e. The molecule has 104 valence electrons. The third-order valence-electron chi connectivity index (χ3n) is 2.35.